The van der Waals surface area contributed by atoms with Crippen molar-refractivity contribution in [3.05, 3.63) is 83.1 Å². The number of hydrogen-bond acceptors (Lipinski definition) is 3. The number of fused-ring (bicyclic) bond motifs is 1. The number of nitrogens with zero attached hydrogens (tertiary/aromatic N) is 1. The van der Waals surface area contributed by atoms with Crippen molar-refractivity contribution in [1.82, 2.24) is 5.32 Å². The summed E-state index contributed by atoms with van der Waals surface area (Å²) in [7, 11) is 0. The lowest BCUT2D eigenvalue weighted by Crippen LogP contribution is -2.20. The third kappa shape index (κ3) is 2.86. The number of furan rings is 1. The molecular weight excluding hydrogens is 375 g/mol. The second-order valence-corrected chi connectivity index (χ2v) is 7.07. The average molecular weight is 391 g/mol. The van der Waals surface area contributed by atoms with Gasteiger partial charge in [0.1, 0.15) is 23.0 Å². The van der Waals surface area contributed by atoms with E-state index >= 15 is 0 Å². The van der Waals surface area contributed by atoms with Crippen molar-refractivity contribution < 1.29 is 8.81 Å². The quantitative estimate of drug-likeness (QED) is 0.472. The molecule has 0 amide bonds. The van der Waals surface area contributed by atoms with Crippen molar-refractivity contribution in [2.75, 3.05) is 13.1 Å². The first-order valence-electron chi connectivity index (χ1n) is 9.07. The van der Waals surface area contributed by atoms with E-state index in [4.69, 9.17) is 16.0 Å². The van der Waals surface area contributed by atoms with E-state index < -0.39 is 5.82 Å². The number of aliphatic imine (C=N–C) groups is 1. The van der Waals surface area contributed by atoms with Crippen LogP contribution in [-0.4, -0.2) is 18.9 Å². The molecular formula is C23H16ClFN2O. The molecule has 0 aliphatic carbocycles. The maximum Gasteiger partial charge on any atom is 0.141 e. The topological polar surface area (TPSA) is 37.5 Å². The number of benzene rings is 3. The van der Waals surface area contributed by atoms with Gasteiger partial charge in [-0.25, -0.2) is 4.39 Å². The van der Waals surface area contributed by atoms with E-state index in [-0.39, 0.29) is 5.02 Å². The lowest BCUT2D eigenvalue weighted by Gasteiger charge is -2.07. The maximum absolute atomic E-state index is 13.6. The molecule has 28 heavy (non-hydrogen) atoms. The number of nitrogens with one attached hydrogen (secondary N) is 1. The summed E-state index contributed by atoms with van der Waals surface area (Å²) in [5.41, 5.74) is 4.56. The monoisotopic (exact) mass is 390 g/mol. The van der Waals surface area contributed by atoms with E-state index in [0.29, 0.717) is 0 Å². The van der Waals surface area contributed by atoms with Crippen LogP contribution in [0.5, 0.6) is 0 Å². The summed E-state index contributed by atoms with van der Waals surface area (Å²) in [5.74, 6) is 1.23. The van der Waals surface area contributed by atoms with E-state index in [1.54, 1.807) is 12.1 Å². The van der Waals surface area contributed by atoms with Gasteiger partial charge in [-0.15, -0.1) is 0 Å². The molecule has 4 aromatic rings. The summed E-state index contributed by atoms with van der Waals surface area (Å²) in [4.78, 5) is 4.54. The Labute approximate surface area is 166 Å². The minimum absolute atomic E-state index is 0.105. The van der Waals surface area contributed by atoms with Crippen molar-refractivity contribution in [3.8, 4) is 22.5 Å². The van der Waals surface area contributed by atoms with Crippen LogP contribution in [0.25, 0.3) is 33.4 Å². The molecule has 3 nitrogen and oxygen atoms in total. The highest BCUT2D eigenvalue weighted by Crippen LogP contribution is 2.36. The van der Waals surface area contributed by atoms with Crippen LogP contribution < -0.4 is 5.32 Å². The molecule has 5 rings (SSSR count). The van der Waals surface area contributed by atoms with E-state index in [9.17, 15) is 4.39 Å². The highest BCUT2D eigenvalue weighted by atomic mass is 35.5. The zero-order valence-electron chi connectivity index (χ0n) is 14.9. The Balaban J connectivity index is 1.67. The van der Waals surface area contributed by atoms with Gasteiger partial charge in [0.2, 0.25) is 0 Å². The molecule has 0 radical (unpaired) electrons. The molecule has 1 aliphatic rings. The first kappa shape index (κ1) is 17.0. The van der Waals surface area contributed by atoms with Gasteiger partial charge in [-0.3, -0.25) is 4.99 Å². The van der Waals surface area contributed by atoms with E-state index in [0.717, 1.165) is 57.9 Å². The van der Waals surface area contributed by atoms with Crippen LogP contribution in [0.15, 0.2) is 76.1 Å². The molecule has 3 aromatic carbocycles. The highest BCUT2D eigenvalue weighted by Gasteiger charge is 2.17. The Bertz CT molecular complexity index is 1230. The number of rotatable bonds is 3. The summed E-state index contributed by atoms with van der Waals surface area (Å²) in [6.07, 6.45) is 0. The van der Waals surface area contributed by atoms with Gasteiger partial charge in [0, 0.05) is 23.1 Å². The largest absolute Gasteiger partial charge is 0.456 e. The van der Waals surface area contributed by atoms with Crippen LogP contribution in [-0.2, 0) is 0 Å². The predicted molar refractivity (Wildman–Crippen MR) is 111 cm³/mol. The maximum atomic E-state index is 13.6. The summed E-state index contributed by atoms with van der Waals surface area (Å²) < 4.78 is 19.8. The van der Waals surface area contributed by atoms with Crippen LogP contribution in [0, 0.1) is 5.82 Å². The van der Waals surface area contributed by atoms with Gasteiger partial charge >= 0.3 is 0 Å². The standard InChI is InChI=1S/C23H16ClFN2O/c24-19-12-14(8-9-20(19)25)15-6-3-7-21-18(15)13-22(28-21)16-4-1-2-5-17(16)23-26-10-11-27-23/h1-9,12-13H,10-11H2,(H,26,27). The zero-order chi connectivity index (χ0) is 19.1. The number of hydrogen-bond donors (Lipinski definition) is 1. The summed E-state index contributed by atoms with van der Waals surface area (Å²) in [5, 5.41) is 4.38. The average Bonchev–Trinajstić information content (AvgIpc) is 3.39. The minimum Gasteiger partial charge on any atom is -0.456 e. The van der Waals surface area contributed by atoms with Gasteiger partial charge < -0.3 is 9.73 Å². The van der Waals surface area contributed by atoms with Crippen molar-refractivity contribution in [3.63, 3.8) is 0 Å². The number of amidine groups is 1. The predicted octanol–water partition coefficient (Wildman–Crippen LogP) is 5.91. The molecule has 0 saturated heterocycles. The Morgan fingerprint density at radius 1 is 0.929 bits per heavy atom. The molecule has 0 spiro atoms. The van der Waals surface area contributed by atoms with E-state index in [1.165, 1.54) is 6.07 Å². The summed E-state index contributed by atoms with van der Waals surface area (Å²) in [6, 6.07) is 20.7. The molecule has 0 saturated carbocycles. The fourth-order valence-electron chi connectivity index (χ4n) is 3.59. The fourth-order valence-corrected chi connectivity index (χ4v) is 3.77. The molecule has 2 heterocycles. The molecule has 0 atom stereocenters. The second kappa shape index (κ2) is 6.80. The van der Waals surface area contributed by atoms with Crippen molar-refractivity contribution in [2.45, 2.75) is 0 Å². The summed E-state index contributed by atoms with van der Waals surface area (Å²) in [6.45, 7) is 1.62. The first-order valence-corrected chi connectivity index (χ1v) is 9.44. The van der Waals surface area contributed by atoms with Crippen LogP contribution in [0.4, 0.5) is 4.39 Å². The summed E-state index contributed by atoms with van der Waals surface area (Å²) >= 11 is 5.99. The Hall–Kier alpha value is -3.11. The van der Waals surface area contributed by atoms with Gasteiger partial charge in [0.15, 0.2) is 0 Å². The first-order chi connectivity index (χ1) is 13.7. The Morgan fingerprint density at radius 3 is 2.54 bits per heavy atom. The normalized spacial score (nSPS) is 13.6. The minimum atomic E-state index is -0.427. The molecule has 1 aliphatic heterocycles. The molecule has 1 aromatic heterocycles. The smallest absolute Gasteiger partial charge is 0.141 e. The van der Waals surface area contributed by atoms with Gasteiger partial charge in [-0.1, -0.05) is 54.1 Å². The number of halogens is 2. The van der Waals surface area contributed by atoms with Crippen molar-refractivity contribution in [2.24, 2.45) is 4.99 Å². The molecule has 0 fully saturated rings. The molecule has 0 bridgehead atoms. The molecule has 1 N–H and O–H groups in total. The van der Waals surface area contributed by atoms with Crippen LogP contribution >= 0.6 is 11.6 Å². The van der Waals surface area contributed by atoms with E-state index in [1.807, 2.05) is 48.5 Å². The molecule has 138 valence electrons. The fraction of sp³-hybridized carbons (Fsp3) is 0.0870. The van der Waals surface area contributed by atoms with Crippen molar-refractivity contribution >= 4 is 28.4 Å². The van der Waals surface area contributed by atoms with Crippen LogP contribution in [0.1, 0.15) is 5.56 Å². The van der Waals surface area contributed by atoms with Gasteiger partial charge in [0.05, 0.1) is 11.6 Å². The SMILES string of the molecule is Fc1ccc(-c2cccc3oc(-c4ccccc4C4=NCCN4)cc23)cc1Cl. The zero-order valence-corrected chi connectivity index (χ0v) is 15.6. The van der Waals surface area contributed by atoms with Gasteiger partial charge in [0.25, 0.3) is 0 Å². The second-order valence-electron chi connectivity index (χ2n) is 6.66. The Kier molecular flexibility index (Phi) is 4.14. The Morgan fingerprint density at radius 2 is 1.75 bits per heavy atom. The highest BCUT2D eigenvalue weighted by molar-refractivity contribution is 6.31. The third-order valence-corrected chi connectivity index (χ3v) is 5.20. The third-order valence-electron chi connectivity index (χ3n) is 4.91. The van der Waals surface area contributed by atoms with Crippen LogP contribution in [0.2, 0.25) is 5.02 Å². The van der Waals surface area contributed by atoms with E-state index in [2.05, 4.69) is 10.3 Å². The van der Waals surface area contributed by atoms with Gasteiger partial charge in [-0.05, 0) is 35.4 Å². The molecule has 0 unspecified atom stereocenters. The van der Waals surface area contributed by atoms with Crippen LogP contribution in [0.3, 0.4) is 0 Å². The lowest BCUT2D eigenvalue weighted by atomic mass is 10.00. The van der Waals surface area contributed by atoms with Crippen molar-refractivity contribution in [1.29, 1.82) is 0 Å². The molecule has 5 heteroatoms. The van der Waals surface area contributed by atoms with Gasteiger partial charge in [-0.2, -0.15) is 0 Å². The lowest BCUT2D eigenvalue weighted by molar-refractivity contribution is 0.628.